The van der Waals surface area contributed by atoms with Gasteiger partial charge in [0.25, 0.3) is 0 Å². The number of oxazole rings is 1. The van der Waals surface area contributed by atoms with Crippen molar-refractivity contribution in [3.8, 4) is 39.4 Å². The van der Waals surface area contributed by atoms with Gasteiger partial charge in [0.1, 0.15) is 5.52 Å². The van der Waals surface area contributed by atoms with Gasteiger partial charge in [0.05, 0.1) is 29.4 Å². The van der Waals surface area contributed by atoms with Gasteiger partial charge >= 0.3 is 0 Å². The lowest BCUT2D eigenvalue weighted by molar-refractivity contribution is -0.120. The number of nitrogens with zero attached hydrogens (tertiary/aromatic N) is 2. The van der Waals surface area contributed by atoms with Gasteiger partial charge in [-0.15, -0.1) is 0 Å². The van der Waals surface area contributed by atoms with Crippen LogP contribution in [0.25, 0.3) is 44.6 Å². The van der Waals surface area contributed by atoms with E-state index in [-0.39, 0.29) is 23.9 Å². The minimum atomic E-state index is 0.0972. The molecule has 0 aliphatic carbocycles. The van der Waals surface area contributed by atoms with Gasteiger partial charge in [-0.1, -0.05) is 71.7 Å². The summed E-state index contributed by atoms with van der Waals surface area (Å²) in [5.41, 5.74) is 7.08. The fourth-order valence-electron chi connectivity index (χ4n) is 6.44. The average Bonchev–Trinajstić information content (AvgIpc) is 3.84. The van der Waals surface area contributed by atoms with E-state index < -0.39 is 0 Å². The van der Waals surface area contributed by atoms with Gasteiger partial charge in [-0.3, -0.25) is 9.59 Å². The highest BCUT2D eigenvalue weighted by Gasteiger charge is 2.22. The van der Waals surface area contributed by atoms with Crippen LogP contribution >= 0.6 is 23.2 Å². The van der Waals surface area contributed by atoms with Crippen LogP contribution in [0.5, 0.6) is 5.88 Å². The second-order valence-corrected chi connectivity index (χ2v) is 13.1. The summed E-state index contributed by atoms with van der Waals surface area (Å²) in [4.78, 5) is 32.4. The van der Waals surface area contributed by atoms with Crippen molar-refractivity contribution in [3.63, 3.8) is 0 Å². The van der Waals surface area contributed by atoms with Crippen LogP contribution in [0.1, 0.15) is 37.1 Å². The number of carbonyl (C=O) groups is 2. The minimum Gasteiger partial charge on any atom is -0.481 e. The third-order valence-electron chi connectivity index (χ3n) is 8.98. The lowest BCUT2D eigenvalue weighted by Gasteiger charge is -2.15. The molecule has 4 N–H and O–H groups in total. The Hall–Kier alpha value is -4.48. The summed E-state index contributed by atoms with van der Waals surface area (Å²) in [6.45, 7) is 2.36. The summed E-state index contributed by atoms with van der Waals surface area (Å²) in [6.07, 6.45) is 2.81. The van der Waals surface area contributed by atoms with Crippen LogP contribution in [0.3, 0.4) is 0 Å². The van der Waals surface area contributed by atoms with E-state index in [4.69, 9.17) is 37.3 Å². The molecule has 3 aromatic carbocycles. The second kappa shape index (κ2) is 14.6. The number of benzene rings is 3. The first-order valence-electron chi connectivity index (χ1n) is 16.4. The Morgan fingerprint density at radius 2 is 1.43 bits per heavy atom. The van der Waals surface area contributed by atoms with Crippen LogP contribution in [0.15, 0.2) is 71.1 Å². The van der Waals surface area contributed by atoms with E-state index in [1.165, 1.54) is 0 Å². The molecular formula is C37H36Cl2N6O4. The highest BCUT2D eigenvalue weighted by Crippen LogP contribution is 2.42. The average molecular weight is 700 g/mol. The van der Waals surface area contributed by atoms with Crippen LogP contribution in [0.2, 0.25) is 10.0 Å². The summed E-state index contributed by atoms with van der Waals surface area (Å²) in [5, 5.41) is 13.7. The number of carbonyl (C=O) groups excluding carboxylic acids is 2. The second-order valence-electron chi connectivity index (χ2n) is 12.4. The number of pyridine rings is 1. The molecule has 0 unspecified atom stereocenters. The number of fused-ring (bicyclic) bond motifs is 1. The number of methoxy groups -OCH3 is 1. The van der Waals surface area contributed by atoms with Crippen molar-refractivity contribution >= 4 is 46.1 Å². The van der Waals surface area contributed by atoms with E-state index >= 15 is 0 Å². The predicted octanol–water partition coefficient (Wildman–Crippen LogP) is 6.28. The molecule has 7 rings (SSSR count). The number of nitrogens with one attached hydrogen (secondary N) is 4. The number of amides is 2. The van der Waals surface area contributed by atoms with Gasteiger partial charge in [-0.05, 0) is 36.6 Å². The lowest BCUT2D eigenvalue weighted by atomic mass is 9.96. The van der Waals surface area contributed by atoms with Crippen molar-refractivity contribution in [2.75, 3.05) is 20.2 Å². The van der Waals surface area contributed by atoms with Crippen LogP contribution in [0.4, 0.5) is 0 Å². The quantitative estimate of drug-likeness (QED) is 0.120. The van der Waals surface area contributed by atoms with Gasteiger partial charge in [0, 0.05) is 72.4 Å². The predicted molar refractivity (Wildman–Crippen MR) is 190 cm³/mol. The zero-order chi connectivity index (χ0) is 33.9. The van der Waals surface area contributed by atoms with Crippen molar-refractivity contribution in [3.05, 3.63) is 88.2 Å². The summed E-state index contributed by atoms with van der Waals surface area (Å²) in [6, 6.07) is 21.8. The molecule has 0 saturated carbocycles. The molecule has 4 heterocycles. The van der Waals surface area contributed by atoms with Crippen LogP contribution in [0, 0.1) is 0 Å². The number of aromatic nitrogens is 2. The molecule has 0 bridgehead atoms. The monoisotopic (exact) mass is 698 g/mol. The van der Waals surface area contributed by atoms with E-state index in [1.807, 2.05) is 66.7 Å². The molecule has 2 aliphatic heterocycles. The molecule has 2 fully saturated rings. The number of rotatable bonds is 12. The third kappa shape index (κ3) is 7.28. The summed E-state index contributed by atoms with van der Waals surface area (Å²) in [7, 11) is 1.60. The smallest absolute Gasteiger partial charge is 0.220 e. The van der Waals surface area contributed by atoms with Crippen LogP contribution < -0.4 is 26.0 Å². The van der Waals surface area contributed by atoms with E-state index in [2.05, 4.69) is 26.3 Å². The molecule has 5 aromatic rings. The summed E-state index contributed by atoms with van der Waals surface area (Å²) < 4.78 is 11.6. The van der Waals surface area contributed by atoms with E-state index in [1.54, 1.807) is 7.11 Å². The van der Waals surface area contributed by atoms with Crippen molar-refractivity contribution < 1.29 is 18.7 Å². The van der Waals surface area contributed by atoms with Gasteiger partial charge in [-0.25, -0.2) is 9.97 Å². The molecule has 10 nitrogen and oxygen atoms in total. The highest BCUT2D eigenvalue weighted by atomic mass is 35.5. The first-order valence-corrected chi connectivity index (χ1v) is 17.1. The molecule has 12 heteroatoms. The number of hydrogen-bond acceptors (Lipinski definition) is 8. The largest absolute Gasteiger partial charge is 0.481 e. The van der Waals surface area contributed by atoms with E-state index in [0.717, 1.165) is 51.7 Å². The van der Waals surface area contributed by atoms with Gasteiger partial charge < -0.3 is 30.4 Å². The molecule has 2 atom stereocenters. The molecule has 252 valence electrons. The first kappa shape index (κ1) is 33.0. The summed E-state index contributed by atoms with van der Waals surface area (Å²) in [5.74, 6) is 1.28. The fourth-order valence-corrected chi connectivity index (χ4v) is 7.11. The molecule has 2 saturated heterocycles. The molecule has 0 spiro atoms. The Bertz CT molecular complexity index is 2030. The van der Waals surface area contributed by atoms with Gasteiger partial charge in [0.2, 0.25) is 23.6 Å². The van der Waals surface area contributed by atoms with Crippen molar-refractivity contribution in [2.24, 2.45) is 0 Å². The number of ether oxygens (including phenoxy) is 1. The third-order valence-corrected chi connectivity index (χ3v) is 9.80. The highest BCUT2D eigenvalue weighted by molar-refractivity contribution is 6.39. The standard InChI is InChI=1S/C37H36Cl2N6O4/c1-48-37-22(17-40-18-23-10-14-32(46)42-23)8-12-29(45-37)28-7-3-6-27(36(28)39)26-5-2-4-25(35(26)38)21-9-13-31-30(16-21)44-34(49-31)20-41-19-24-11-15-33(47)43-24/h2-9,12-13,16,23-24,40-41H,10-11,14-15,17-20H2,1H3,(H,42,46)(H,43,47)/t23-,24-/m1/s1. The maximum atomic E-state index is 11.5. The van der Waals surface area contributed by atoms with Gasteiger partial charge in [-0.2, -0.15) is 0 Å². The van der Waals surface area contributed by atoms with Crippen LogP contribution in [-0.2, 0) is 22.7 Å². The Kier molecular flexibility index (Phi) is 9.81. The number of halogens is 2. The fraction of sp³-hybridized carbons (Fsp3) is 0.297. The molecule has 2 aromatic heterocycles. The normalized spacial score (nSPS) is 17.4. The minimum absolute atomic E-state index is 0.0972. The van der Waals surface area contributed by atoms with Gasteiger partial charge in [0.15, 0.2) is 5.58 Å². The first-order chi connectivity index (χ1) is 23.9. The van der Waals surface area contributed by atoms with Crippen molar-refractivity contribution in [2.45, 2.75) is 50.9 Å². The zero-order valence-electron chi connectivity index (χ0n) is 26.9. The van der Waals surface area contributed by atoms with Crippen molar-refractivity contribution in [1.29, 1.82) is 0 Å². The molecule has 2 aliphatic rings. The van der Waals surface area contributed by atoms with E-state index in [0.29, 0.717) is 72.1 Å². The maximum absolute atomic E-state index is 11.5. The van der Waals surface area contributed by atoms with Crippen molar-refractivity contribution in [1.82, 2.24) is 31.2 Å². The molecule has 2 amide bonds. The molecule has 0 radical (unpaired) electrons. The summed E-state index contributed by atoms with van der Waals surface area (Å²) >= 11 is 14.2. The molecule has 49 heavy (non-hydrogen) atoms. The Balaban J connectivity index is 1.09. The Morgan fingerprint density at radius 1 is 0.796 bits per heavy atom. The van der Waals surface area contributed by atoms with Crippen LogP contribution in [-0.4, -0.2) is 54.1 Å². The maximum Gasteiger partial charge on any atom is 0.220 e. The Morgan fingerprint density at radius 3 is 2.08 bits per heavy atom. The number of hydrogen-bond donors (Lipinski definition) is 4. The van der Waals surface area contributed by atoms with E-state index in [9.17, 15) is 9.59 Å². The molecular weight excluding hydrogens is 663 g/mol. The zero-order valence-corrected chi connectivity index (χ0v) is 28.5. The topological polar surface area (TPSA) is 130 Å². The SMILES string of the molecule is COc1nc(-c2cccc(-c3cccc(-c4ccc5oc(CNC[C@H]6CCC(=O)N6)nc5c4)c3Cl)c2Cl)ccc1CNC[C@H]1CCC(=O)N1. The Labute approximate surface area is 293 Å². The lowest BCUT2D eigenvalue weighted by Crippen LogP contribution is -2.35.